The fourth-order valence-electron chi connectivity index (χ4n) is 1.13. The lowest BCUT2D eigenvalue weighted by atomic mass is 10.0. The summed E-state index contributed by atoms with van der Waals surface area (Å²) < 4.78 is 9.15. The second kappa shape index (κ2) is 7.65. The van der Waals surface area contributed by atoms with Crippen molar-refractivity contribution in [1.29, 1.82) is 5.26 Å². The van der Waals surface area contributed by atoms with Crippen molar-refractivity contribution in [3.63, 3.8) is 0 Å². The molecule has 90 valence electrons. The lowest BCUT2D eigenvalue weighted by molar-refractivity contribution is -0.145. The molecule has 1 amide bonds. The van der Waals surface area contributed by atoms with E-state index in [1.807, 2.05) is 6.07 Å². The van der Waals surface area contributed by atoms with Gasteiger partial charge in [-0.3, -0.25) is 4.79 Å². The van der Waals surface area contributed by atoms with E-state index in [9.17, 15) is 9.59 Å². The van der Waals surface area contributed by atoms with Crippen LogP contribution in [-0.4, -0.2) is 38.7 Å². The molecule has 0 aliphatic carbocycles. The van der Waals surface area contributed by atoms with Crippen LogP contribution in [0.15, 0.2) is 0 Å². The number of nitrogens with zero attached hydrogens (tertiary/aromatic N) is 1. The van der Waals surface area contributed by atoms with E-state index in [1.165, 1.54) is 14.2 Å². The molecule has 0 aromatic rings. The third kappa shape index (κ3) is 5.32. The van der Waals surface area contributed by atoms with E-state index in [4.69, 9.17) is 5.26 Å². The van der Waals surface area contributed by atoms with Gasteiger partial charge in [0.1, 0.15) is 12.6 Å². The predicted octanol–water partition coefficient (Wildman–Crippen LogP) is -0.160. The molecule has 0 saturated carbocycles. The Balaban J connectivity index is 4.38. The van der Waals surface area contributed by atoms with Crippen LogP contribution >= 0.6 is 0 Å². The van der Waals surface area contributed by atoms with Crippen molar-refractivity contribution < 1.29 is 19.1 Å². The largest absolute Gasteiger partial charge is 0.467 e. The highest BCUT2D eigenvalue weighted by Gasteiger charge is 2.23. The van der Waals surface area contributed by atoms with Crippen molar-refractivity contribution in [2.75, 3.05) is 20.8 Å². The van der Waals surface area contributed by atoms with Crippen molar-refractivity contribution in [3.05, 3.63) is 0 Å². The van der Waals surface area contributed by atoms with Crippen molar-refractivity contribution in [2.45, 2.75) is 19.4 Å². The van der Waals surface area contributed by atoms with E-state index in [-0.39, 0.29) is 18.9 Å². The predicted molar refractivity (Wildman–Crippen MR) is 55.2 cm³/mol. The fourth-order valence-corrected chi connectivity index (χ4v) is 1.13. The Hall–Kier alpha value is -1.61. The maximum absolute atomic E-state index is 11.3. The summed E-state index contributed by atoms with van der Waals surface area (Å²) in [6.45, 7) is 1.53. The van der Waals surface area contributed by atoms with Gasteiger partial charge in [0.2, 0.25) is 5.91 Å². The van der Waals surface area contributed by atoms with E-state index < -0.39 is 17.9 Å². The van der Waals surface area contributed by atoms with Gasteiger partial charge >= 0.3 is 5.97 Å². The number of esters is 1. The van der Waals surface area contributed by atoms with Gasteiger partial charge in [-0.1, -0.05) is 0 Å². The average Bonchev–Trinajstić information content (AvgIpc) is 2.27. The number of carbonyl (C=O) groups is 2. The number of hydrogen-bond donors (Lipinski definition) is 1. The Morgan fingerprint density at radius 1 is 1.44 bits per heavy atom. The second-order valence-electron chi connectivity index (χ2n) is 3.34. The van der Waals surface area contributed by atoms with E-state index >= 15 is 0 Å². The van der Waals surface area contributed by atoms with E-state index in [1.54, 1.807) is 6.92 Å². The van der Waals surface area contributed by atoms with E-state index in [0.717, 1.165) is 0 Å². The number of nitriles is 1. The number of amides is 1. The zero-order valence-corrected chi connectivity index (χ0v) is 9.65. The van der Waals surface area contributed by atoms with Crippen LogP contribution in [0.25, 0.3) is 0 Å². The Bertz CT molecular complexity index is 285. The molecule has 0 unspecified atom stereocenters. The molecule has 0 bridgehead atoms. The summed E-state index contributed by atoms with van der Waals surface area (Å²) in [5, 5.41) is 11.1. The molecule has 2 atom stereocenters. The van der Waals surface area contributed by atoms with Crippen LogP contribution in [0.3, 0.4) is 0 Å². The molecular formula is C10H16N2O4. The third-order valence-electron chi connectivity index (χ3n) is 1.91. The first-order chi connectivity index (χ1) is 7.54. The van der Waals surface area contributed by atoms with Gasteiger partial charge in [0, 0.05) is 13.0 Å². The maximum atomic E-state index is 11.3. The summed E-state index contributed by atoms with van der Waals surface area (Å²) in [4.78, 5) is 22.5. The standard InChI is InChI=1S/C10H16N2O4/c1-7(5-11)4-8(10(14)16-3)12-9(13)6-15-2/h7-8H,4,6H2,1-3H3,(H,12,13)/t7-,8-/m1/s1. The Kier molecular flexibility index (Phi) is 6.88. The summed E-state index contributed by atoms with van der Waals surface area (Å²) in [5.74, 6) is -1.32. The van der Waals surface area contributed by atoms with Gasteiger partial charge < -0.3 is 14.8 Å². The number of carbonyl (C=O) groups excluding carboxylic acids is 2. The molecule has 1 N–H and O–H groups in total. The Morgan fingerprint density at radius 3 is 2.50 bits per heavy atom. The van der Waals surface area contributed by atoms with Crippen molar-refractivity contribution in [1.82, 2.24) is 5.32 Å². The Morgan fingerprint density at radius 2 is 2.06 bits per heavy atom. The SMILES string of the molecule is COCC(=O)N[C@H](C[C@@H](C)C#N)C(=O)OC. The minimum Gasteiger partial charge on any atom is -0.467 e. The van der Waals surface area contributed by atoms with Gasteiger partial charge in [-0.15, -0.1) is 0 Å². The topological polar surface area (TPSA) is 88.4 Å². The summed E-state index contributed by atoms with van der Waals surface area (Å²) in [6, 6.07) is 1.19. The molecule has 0 aliphatic heterocycles. The smallest absolute Gasteiger partial charge is 0.328 e. The van der Waals surface area contributed by atoms with Crippen LogP contribution in [0.1, 0.15) is 13.3 Å². The molecule has 0 aliphatic rings. The molecule has 6 heteroatoms. The van der Waals surface area contributed by atoms with Crippen molar-refractivity contribution in [2.24, 2.45) is 5.92 Å². The molecule has 0 rings (SSSR count). The molecule has 0 aromatic heterocycles. The zero-order valence-electron chi connectivity index (χ0n) is 9.65. The number of hydrogen-bond acceptors (Lipinski definition) is 5. The van der Waals surface area contributed by atoms with Gasteiger partial charge in [-0.25, -0.2) is 4.79 Å². The fraction of sp³-hybridized carbons (Fsp3) is 0.700. The van der Waals surface area contributed by atoms with Gasteiger partial charge in [0.05, 0.1) is 13.2 Å². The molecule has 0 heterocycles. The Labute approximate surface area is 94.5 Å². The van der Waals surface area contributed by atoms with Gasteiger partial charge in [-0.05, 0) is 13.3 Å². The third-order valence-corrected chi connectivity index (χ3v) is 1.91. The van der Waals surface area contributed by atoms with Crippen LogP contribution in [0, 0.1) is 17.2 Å². The average molecular weight is 228 g/mol. The quantitative estimate of drug-likeness (QED) is 0.638. The van der Waals surface area contributed by atoms with Gasteiger partial charge in [0.15, 0.2) is 0 Å². The normalized spacial score (nSPS) is 13.4. The minimum atomic E-state index is -0.803. The van der Waals surface area contributed by atoms with Crippen LogP contribution in [0.2, 0.25) is 0 Å². The van der Waals surface area contributed by atoms with E-state index in [0.29, 0.717) is 0 Å². The summed E-state index contributed by atoms with van der Waals surface area (Å²) in [7, 11) is 2.61. The molecule has 16 heavy (non-hydrogen) atoms. The summed E-state index contributed by atoms with van der Waals surface area (Å²) in [5.41, 5.74) is 0. The molecule has 0 radical (unpaired) electrons. The van der Waals surface area contributed by atoms with Crippen LogP contribution in [-0.2, 0) is 19.1 Å². The number of methoxy groups -OCH3 is 2. The van der Waals surface area contributed by atoms with Crippen LogP contribution in [0.5, 0.6) is 0 Å². The summed E-state index contributed by atoms with van der Waals surface area (Å²) >= 11 is 0. The first-order valence-electron chi connectivity index (χ1n) is 4.80. The summed E-state index contributed by atoms with van der Waals surface area (Å²) in [6.07, 6.45) is 0.221. The number of rotatable bonds is 6. The van der Waals surface area contributed by atoms with Gasteiger partial charge in [-0.2, -0.15) is 5.26 Å². The second-order valence-corrected chi connectivity index (χ2v) is 3.34. The maximum Gasteiger partial charge on any atom is 0.328 e. The monoisotopic (exact) mass is 228 g/mol. The molecule has 0 fully saturated rings. The minimum absolute atomic E-state index is 0.131. The van der Waals surface area contributed by atoms with Crippen molar-refractivity contribution >= 4 is 11.9 Å². The first kappa shape index (κ1) is 14.4. The molecule has 6 nitrogen and oxygen atoms in total. The highest BCUT2D eigenvalue weighted by Crippen LogP contribution is 2.06. The zero-order chi connectivity index (χ0) is 12.6. The molecular weight excluding hydrogens is 212 g/mol. The molecule has 0 aromatic carbocycles. The number of ether oxygens (including phenoxy) is 2. The first-order valence-corrected chi connectivity index (χ1v) is 4.80. The van der Waals surface area contributed by atoms with Crippen LogP contribution < -0.4 is 5.32 Å². The highest BCUT2D eigenvalue weighted by molar-refractivity contribution is 5.85. The van der Waals surface area contributed by atoms with E-state index in [2.05, 4.69) is 14.8 Å². The lowest BCUT2D eigenvalue weighted by Gasteiger charge is -2.16. The van der Waals surface area contributed by atoms with Crippen LogP contribution in [0.4, 0.5) is 0 Å². The molecule has 0 saturated heterocycles. The highest BCUT2D eigenvalue weighted by atomic mass is 16.5. The molecule has 0 spiro atoms. The number of nitrogens with one attached hydrogen (secondary N) is 1. The van der Waals surface area contributed by atoms with Gasteiger partial charge in [0.25, 0.3) is 0 Å². The van der Waals surface area contributed by atoms with Crippen molar-refractivity contribution in [3.8, 4) is 6.07 Å². The lowest BCUT2D eigenvalue weighted by Crippen LogP contribution is -2.43.